The van der Waals surface area contributed by atoms with E-state index in [4.69, 9.17) is 9.15 Å². The number of furan rings is 1. The lowest BCUT2D eigenvalue weighted by Gasteiger charge is -2.03. The van der Waals surface area contributed by atoms with Gasteiger partial charge in [0.25, 0.3) is 5.56 Å². The summed E-state index contributed by atoms with van der Waals surface area (Å²) in [4.78, 5) is 17.6. The highest BCUT2D eigenvalue weighted by molar-refractivity contribution is 7.15. The summed E-state index contributed by atoms with van der Waals surface area (Å²) >= 11 is 1.27. The first kappa shape index (κ1) is 18.3. The topological polar surface area (TPSA) is 69.6 Å². The molecule has 0 saturated heterocycles. The SMILES string of the molecule is Cc1ccc(OCc2nc3sc(=Cc4ccc(-c5ccccc5)o4)c(=O)n3n2)cc1. The van der Waals surface area contributed by atoms with Crippen molar-refractivity contribution in [2.24, 2.45) is 0 Å². The normalized spacial score (nSPS) is 12.0. The van der Waals surface area contributed by atoms with Crippen LogP contribution in [0.3, 0.4) is 0 Å². The number of aromatic nitrogens is 3. The van der Waals surface area contributed by atoms with Crippen molar-refractivity contribution in [3.05, 3.63) is 98.8 Å². The van der Waals surface area contributed by atoms with Crippen molar-refractivity contribution >= 4 is 22.4 Å². The lowest BCUT2D eigenvalue weighted by atomic mass is 10.2. The van der Waals surface area contributed by atoms with Crippen molar-refractivity contribution in [3.63, 3.8) is 0 Å². The number of fused-ring (bicyclic) bond motifs is 1. The minimum Gasteiger partial charge on any atom is -0.486 e. The van der Waals surface area contributed by atoms with Gasteiger partial charge in [-0.2, -0.15) is 9.50 Å². The van der Waals surface area contributed by atoms with Crippen LogP contribution in [0.25, 0.3) is 22.4 Å². The highest BCUT2D eigenvalue weighted by atomic mass is 32.1. The van der Waals surface area contributed by atoms with E-state index in [0.717, 1.165) is 22.6 Å². The van der Waals surface area contributed by atoms with Gasteiger partial charge < -0.3 is 9.15 Å². The van der Waals surface area contributed by atoms with Crippen LogP contribution in [0.2, 0.25) is 0 Å². The summed E-state index contributed by atoms with van der Waals surface area (Å²) in [5.41, 5.74) is 1.93. The predicted molar refractivity (Wildman–Crippen MR) is 116 cm³/mol. The Kier molecular flexibility index (Phi) is 4.65. The van der Waals surface area contributed by atoms with E-state index in [-0.39, 0.29) is 12.2 Å². The van der Waals surface area contributed by atoms with Gasteiger partial charge in [0.05, 0.1) is 0 Å². The van der Waals surface area contributed by atoms with Crippen LogP contribution < -0.4 is 14.8 Å². The molecule has 3 heterocycles. The summed E-state index contributed by atoms with van der Waals surface area (Å²) < 4.78 is 13.4. The maximum atomic E-state index is 12.7. The smallest absolute Gasteiger partial charge is 0.291 e. The maximum Gasteiger partial charge on any atom is 0.291 e. The van der Waals surface area contributed by atoms with Crippen molar-refractivity contribution in [1.82, 2.24) is 14.6 Å². The molecule has 5 aromatic rings. The highest BCUT2D eigenvalue weighted by Crippen LogP contribution is 2.22. The van der Waals surface area contributed by atoms with Gasteiger partial charge in [-0.15, -0.1) is 5.10 Å². The predicted octanol–water partition coefficient (Wildman–Crippen LogP) is 3.85. The molecule has 0 aliphatic rings. The third kappa shape index (κ3) is 3.62. The number of benzene rings is 2. The standard InChI is InChI=1S/C23H17N3O3S/c1-15-7-9-17(10-8-15)28-14-21-24-23-26(25-21)22(27)20(30-23)13-18-11-12-19(29-18)16-5-3-2-4-6-16/h2-13H,14H2,1H3. The maximum absolute atomic E-state index is 12.7. The van der Waals surface area contributed by atoms with Gasteiger partial charge in [0, 0.05) is 11.6 Å². The molecule has 30 heavy (non-hydrogen) atoms. The Morgan fingerprint density at radius 1 is 1.07 bits per heavy atom. The fourth-order valence-corrected chi connectivity index (χ4v) is 3.94. The second kappa shape index (κ2) is 7.61. The van der Waals surface area contributed by atoms with Gasteiger partial charge in [-0.3, -0.25) is 4.79 Å². The molecule has 0 amide bonds. The average Bonchev–Trinajstić information content (AvgIpc) is 3.46. The number of aryl methyl sites for hydroxylation is 1. The molecule has 5 rings (SSSR count). The minimum atomic E-state index is -0.221. The van der Waals surface area contributed by atoms with Gasteiger partial charge in [-0.05, 0) is 31.2 Å². The number of ether oxygens (including phenoxy) is 1. The van der Waals surface area contributed by atoms with E-state index in [0.29, 0.717) is 21.1 Å². The molecule has 6 nitrogen and oxygen atoms in total. The Labute approximate surface area is 175 Å². The first-order valence-electron chi connectivity index (χ1n) is 9.41. The van der Waals surface area contributed by atoms with E-state index in [1.54, 1.807) is 6.08 Å². The molecule has 3 aromatic heterocycles. The Hall–Kier alpha value is -3.71. The van der Waals surface area contributed by atoms with Gasteiger partial charge in [0.1, 0.15) is 28.4 Å². The molecule has 0 bridgehead atoms. The lowest BCUT2D eigenvalue weighted by molar-refractivity contribution is 0.296. The van der Waals surface area contributed by atoms with Gasteiger partial charge in [-0.1, -0.05) is 59.4 Å². The van der Waals surface area contributed by atoms with Crippen LogP contribution in [0, 0.1) is 6.92 Å². The van der Waals surface area contributed by atoms with Crippen LogP contribution in [0.15, 0.2) is 75.9 Å². The third-order valence-corrected chi connectivity index (χ3v) is 5.53. The number of hydrogen-bond donors (Lipinski definition) is 0. The van der Waals surface area contributed by atoms with Gasteiger partial charge in [0.2, 0.25) is 4.96 Å². The zero-order valence-corrected chi connectivity index (χ0v) is 16.9. The molecule has 0 aliphatic heterocycles. The van der Waals surface area contributed by atoms with Crippen LogP contribution in [-0.2, 0) is 6.61 Å². The molecule has 7 heteroatoms. The Morgan fingerprint density at radius 3 is 2.63 bits per heavy atom. The van der Waals surface area contributed by atoms with E-state index in [1.165, 1.54) is 15.9 Å². The highest BCUT2D eigenvalue weighted by Gasteiger charge is 2.12. The number of rotatable bonds is 5. The summed E-state index contributed by atoms with van der Waals surface area (Å²) in [6.07, 6.45) is 1.72. The largest absolute Gasteiger partial charge is 0.486 e. The van der Waals surface area contributed by atoms with Gasteiger partial charge in [0.15, 0.2) is 5.82 Å². The molecule has 148 valence electrons. The first-order chi connectivity index (χ1) is 14.7. The second-order valence-electron chi connectivity index (χ2n) is 6.81. The third-order valence-electron chi connectivity index (χ3n) is 4.57. The fourth-order valence-electron chi connectivity index (χ4n) is 3.03. The van der Waals surface area contributed by atoms with Crippen molar-refractivity contribution in [1.29, 1.82) is 0 Å². The van der Waals surface area contributed by atoms with E-state index in [2.05, 4.69) is 10.1 Å². The van der Waals surface area contributed by atoms with E-state index in [9.17, 15) is 4.79 Å². The molecule has 0 fully saturated rings. The van der Waals surface area contributed by atoms with Crippen molar-refractivity contribution in [2.75, 3.05) is 0 Å². The van der Waals surface area contributed by atoms with Gasteiger partial charge in [-0.25, -0.2) is 0 Å². The Balaban J connectivity index is 1.38. The zero-order valence-electron chi connectivity index (χ0n) is 16.1. The van der Waals surface area contributed by atoms with Crippen LogP contribution in [0.1, 0.15) is 17.1 Å². The zero-order chi connectivity index (χ0) is 20.5. The lowest BCUT2D eigenvalue weighted by Crippen LogP contribution is -2.23. The summed E-state index contributed by atoms with van der Waals surface area (Å²) in [6, 6.07) is 21.3. The summed E-state index contributed by atoms with van der Waals surface area (Å²) in [5.74, 6) is 2.57. The van der Waals surface area contributed by atoms with E-state index < -0.39 is 0 Å². The van der Waals surface area contributed by atoms with E-state index >= 15 is 0 Å². The molecule has 0 N–H and O–H groups in total. The molecular weight excluding hydrogens is 398 g/mol. The van der Waals surface area contributed by atoms with Crippen LogP contribution in [-0.4, -0.2) is 14.6 Å². The summed E-state index contributed by atoms with van der Waals surface area (Å²) in [5, 5.41) is 4.29. The Bertz CT molecular complexity index is 1420. The van der Waals surface area contributed by atoms with Crippen molar-refractivity contribution < 1.29 is 9.15 Å². The molecule has 0 saturated carbocycles. The second-order valence-corrected chi connectivity index (χ2v) is 7.82. The van der Waals surface area contributed by atoms with Crippen LogP contribution in [0.4, 0.5) is 0 Å². The molecular formula is C23H17N3O3S. The molecule has 0 unspecified atom stereocenters. The van der Waals surface area contributed by atoms with Gasteiger partial charge >= 0.3 is 0 Å². The monoisotopic (exact) mass is 415 g/mol. The van der Waals surface area contributed by atoms with Crippen molar-refractivity contribution in [3.8, 4) is 17.1 Å². The van der Waals surface area contributed by atoms with E-state index in [1.807, 2.05) is 73.7 Å². The molecule has 0 atom stereocenters. The summed E-state index contributed by atoms with van der Waals surface area (Å²) in [6.45, 7) is 2.22. The average molecular weight is 415 g/mol. The molecule has 0 aliphatic carbocycles. The number of nitrogens with zero attached hydrogens (tertiary/aromatic N) is 3. The quantitative estimate of drug-likeness (QED) is 0.436. The molecule has 0 spiro atoms. The van der Waals surface area contributed by atoms with Crippen LogP contribution >= 0.6 is 11.3 Å². The molecule has 2 aromatic carbocycles. The first-order valence-corrected chi connectivity index (χ1v) is 10.2. The van der Waals surface area contributed by atoms with Crippen molar-refractivity contribution in [2.45, 2.75) is 13.5 Å². The van der Waals surface area contributed by atoms with Crippen LogP contribution in [0.5, 0.6) is 5.75 Å². The fraction of sp³-hybridized carbons (Fsp3) is 0.0870. The number of hydrogen-bond acceptors (Lipinski definition) is 6. The Morgan fingerprint density at radius 2 is 1.87 bits per heavy atom. The molecule has 0 radical (unpaired) electrons. The number of thiazole rings is 1. The summed E-state index contributed by atoms with van der Waals surface area (Å²) in [7, 11) is 0. The minimum absolute atomic E-state index is 0.203.